The monoisotopic (exact) mass is 905 g/mol. The molecule has 3 aliphatic rings. The number of primary amides is 1. The van der Waals surface area contributed by atoms with Crippen LogP contribution < -0.4 is 48.3 Å². The van der Waals surface area contributed by atoms with E-state index in [1.165, 1.54) is 18.7 Å². The van der Waals surface area contributed by atoms with Crippen LogP contribution in [0.4, 0.5) is 0 Å². The molecular formula is C41H67N11O12. The quantitative estimate of drug-likeness (QED) is 0.0438. The number of aliphatic hydroxyl groups is 1. The van der Waals surface area contributed by atoms with E-state index < -0.39 is 126 Å². The fourth-order valence-corrected chi connectivity index (χ4v) is 7.40. The van der Waals surface area contributed by atoms with Crippen molar-refractivity contribution in [2.24, 2.45) is 17.6 Å². The fourth-order valence-electron chi connectivity index (χ4n) is 7.40. The maximum atomic E-state index is 13.8. The van der Waals surface area contributed by atoms with E-state index in [9.17, 15) is 57.8 Å². The third-order valence-electron chi connectivity index (χ3n) is 11.1. The van der Waals surface area contributed by atoms with Gasteiger partial charge in [0.25, 0.3) is 0 Å². The lowest BCUT2D eigenvalue weighted by Gasteiger charge is -2.35. The number of ketones is 1. The number of carbonyl (C=O) groups is 11. The normalized spacial score (nSPS) is 20.4. The number of β-amino-alcohol motifs (C(OH)–C–C–N with tert-alkyl or cyclic N) is 1. The first kappa shape index (κ1) is 52.6. The highest BCUT2D eigenvalue weighted by atomic mass is 16.3. The molecule has 3 heterocycles. The minimum Gasteiger partial charge on any atom is -0.392 e. The van der Waals surface area contributed by atoms with Gasteiger partial charge in [-0.3, -0.25) is 52.7 Å². The first-order valence-electron chi connectivity index (χ1n) is 21.9. The lowest BCUT2D eigenvalue weighted by molar-refractivity contribution is -0.146. The molecule has 0 saturated carbocycles. The number of hydrogen-bond donors (Lipinski definition) is 10. The summed E-state index contributed by atoms with van der Waals surface area (Å²) in [6.45, 7) is 10.3. The molecule has 8 atom stereocenters. The number of nitrogens with two attached hydrogens (primary N) is 1. The highest BCUT2D eigenvalue weighted by Crippen LogP contribution is 2.22. The van der Waals surface area contributed by atoms with Crippen LogP contribution in [0.3, 0.4) is 0 Å². The Morgan fingerprint density at radius 2 is 1.38 bits per heavy atom. The van der Waals surface area contributed by atoms with Crippen LogP contribution in [-0.2, 0) is 52.7 Å². The first-order chi connectivity index (χ1) is 30.1. The Hall–Kier alpha value is -5.71. The number of amides is 10. The van der Waals surface area contributed by atoms with Crippen LogP contribution >= 0.6 is 0 Å². The molecule has 0 radical (unpaired) electrons. The Bertz CT molecular complexity index is 1760. The van der Waals surface area contributed by atoms with Crippen molar-refractivity contribution in [1.29, 1.82) is 0 Å². The van der Waals surface area contributed by atoms with Crippen LogP contribution in [0, 0.1) is 11.8 Å². The molecule has 3 aliphatic heterocycles. The lowest BCUT2D eigenvalue weighted by Crippen LogP contribution is -2.60. The van der Waals surface area contributed by atoms with E-state index in [2.05, 4.69) is 42.5 Å². The molecule has 0 aromatic rings. The van der Waals surface area contributed by atoms with Gasteiger partial charge in [-0.25, -0.2) is 0 Å². The molecule has 0 aliphatic carbocycles. The van der Waals surface area contributed by atoms with Gasteiger partial charge in [0.05, 0.1) is 25.2 Å². The summed E-state index contributed by atoms with van der Waals surface area (Å²) < 4.78 is 0. The van der Waals surface area contributed by atoms with Gasteiger partial charge >= 0.3 is 0 Å². The van der Waals surface area contributed by atoms with Crippen molar-refractivity contribution < 1.29 is 57.8 Å². The molecule has 358 valence electrons. The molecule has 64 heavy (non-hydrogen) atoms. The minimum absolute atomic E-state index is 0.102. The average molecular weight is 906 g/mol. The van der Waals surface area contributed by atoms with Crippen molar-refractivity contribution in [1.82, 2.24) is 52.3 Å². The summed E-state index contributed by atoms with van der Waals surface area (Å²) in [7, 11) is 0. The van der Waals surface area contributed by atoms with Gasteiger partial charge in [0.15, 0.2) is 0 Å². The van der Waals surface area contributed by atoms with Crippen molar-refractivity contribution in [2.45, 2.75) is 141 Å². The van der Waals surface area contributed by atoms with Crippen molar-refractivity contribution in [3.63, 3.8) is 0 Å². The van der Waals surface area contributed by atoms with E-state index in [1.54, 1.807) is 32.6 Å². The van der Waals surface area contributed by atoms with Gasteiger partial charge in [-0.2, -0.15) is 0 Å². The predicted molar refractivity (Wildman–Crippen MR) is 228 cm³/mol. The lowest BCUT2D eigenvalue weighted by atomic mass is 9.99. The molecule has 23 nitrogen and oxygen atoms in total. The Labute approximate surface area is 372 Å². The topological polar surface area (TPSA) is 337 Å². The molecule has 23 heteroatoms. The molecule has 0 spiro atoms. The zero-order valence-corrected chi connectivity index (χ0v) is 37.6. The number of rotatable bonds is 24. The third-order valence-corrected chi connectivity index (χ3v) is 11.1. The summed E-state index contributed by atoms with van der Waals surface area (Å²) in [6, 6.07) is -7.94. The second kappa shape index (κ2) is 25.0. The summed E-state index contributed by atoms with van der Waals surface area (Å²) in [5.74, 6) is -8.07. The number of nitrogens with one attached hydrogen (secondary N) is 8. The SMILES string of the molecule is CC(=O)C[C@H](NC(=O)[C@H](CCC(N)=O)NC(=O)CNC(=O)[C@@H]1C[C@@H](O)CN1)C(=O)N[C@H](C(=O)N[C@@H](CC(C)C)C(=O)N[C@@H](C)C(=O)NCC(=O)N1CCC[C@H]1C(=O)N1CCC1)C(C)C. The summed E-state index contributed by atoms with van der Waals surface area (Å²) in [5.41, 5.74) is 5.28. The number of aliphatic hydroxyl groups excluding tert-OH is 1. The molecule has 3 rings (SSSR count). The van der Waals surface area contributed by atoms with Crippen molar-refractivity contribution in [3.05, 3.63) is 0 Å². The summed E-state index contributed by atoms with van der Waals surface area (Å²) in [4.78, 5) is 146. The molecule has 0 aromatic carbocycles. The van der Waals surface area contributed by atoms with Gasteiger partial charge in [-0.05, 0) is 64.2 Å². The van der Waals surface area contributed by atoms with Crippen LogP contribution in [0.5, 0.6) is 0 Å². The van der Waals surface area contributed by atoms with E-state index in [0.29, 0.717) is 32.5 Å². The van der Waals surface area contributed by atoms with Gasteiger partial charge in [0, 0.05) is 39.0 Å². The predicted octanol–water partition coefficient (Wildman–Crippen LogP) is -4.44. The minimum atomic E-state index is -1.56. The van der Waals surface area contributed by atoms with E-state index in [1.807, 2.05) is 0 Å². The zero-order valence-electron chi connectivity index (χ0n) is 37.6. The van der Waals surface area contributed by atoms with Gasteiger partial charge in [-0.1, -0.05) is 27.7 Å². The second-order valence-corrected chi connectivity index (χ2v) is 17.5. The highest BCUT2D eigenvalue weighted by molar-refractivity contribution is 5.99. The maximum Gasteiger partial charge on any atom is 0.245 e. The molecule has 0 aromatic heterocycles. The maximum absolute atomic E-state index is 13.8. The molecule has 3 fully saturated rings. The average Bonchev–Trinajstić information content (AvgIpc) is 3.87. The van der Waals surface area contributed by atoms with Crippen LogP contribution in [0.1, 0.15) is 92.9 Å². The number of Topliss-reactive ketones (excluding diaryl/α,β-unsaturated/α-hetero) is 1. The largest absolute Gasteiger partial charge is 0.392 e. The smallest absolute Gasteiger partial charge is 0.245 e. The summed E-state index contributed by atoms with van der Waals surface area (Å²) in [5, 5.41) is 29.9. The number of nitrogens with zero attached hydrogens (tertiary/aromatic N) is 2. The Morgan fingerprint density at radius 1 is 0.734 bits per heavy atom. The second-order valence-electron chi connectivity index (χ2n) is 17.5. The Balaban J connectivity index is 1.63. The molecule has 0 unspecified atom stereocenters. The van der Waals surface area contributed by atoms with E-state index >= 15 is 0 Å². The Morgan fingerprint density at radius 3 is 1.94 bits per heavy atom. The van der Waals surface area contributed by atoms with Crippen molar-refractivity contribution >= 4 is 64.9 Å². The van der Waals surface area contributed by atoms with Gasteiger partial charge < -0.3 is 63.2 Å². The van der Waals surface area contributed by atoms with Crippen LogP contribution in [-0.4, -0.2) is 167 Å². The molecule has 10 amide bonds. The standard InChI is InChI=1S/C41H67N11O12/c1-21(2)15-28(38(61)46-24(6)35(58)45-20-33(57)52-14-7-9-30(52)41(64)51-12-8-13-51)49-40(63)34(22(3)4)50-39(62)29(16-23(5)53)48-37(60)26(10-11-31(42)55)47-32(56)19-44-36(59)27-17-25(54)18-43-27/h21-22,24-30,34,43,54H,7-20H2,1-6H3,(H2,42,55)(H,44,59)(H,45,58)(H,46,61)(H,47,56)(H,48,60)(H,49,63)(H,50,62)/t24-,25+,26-,27-,28-,29-,30-,34-/m0/s1. The van der Waals surface area contributed by atoms with Crippen LogP contribution in [0.25, 0.3) is 0 Å². The Kier molecular flexibility index (Phi) is 20.5. The van der Waals surface area contributed by atoms with Crippen molar-refractivity contribution in [3.8, 4) is 0 Å². The summed E-state index contributed by atoms with van der Waals surface area (Å²) >= 11 is 0. The van der Waals surface area contributed by atoms with E-state index in [-0.39, 0.29) is 50.6 Å². The fraction of sp³-hybridized carbons (Fsp3) is 0.732. The van der Waals surface area contributed by atoms with E-state index in [0.717, 1.165) is 6.42 Å². The molecule has 3 saturated heterocycles. The number of hydrogen-bond acceptors (Lipinski definition) is 13. The van der Waals surface area contributed by atoms with E-state index in [4.69, 9.17) is 5.73 Å². The zero-order chi connectivity index (χ0) is 47.8. The molecule has 11 N–H and O–H groups in total. The van der Waals surface area contributed by atoms with Crippen LogP contribution in [0.2, 0.25) is 0 Å². The molecule has 0 bridgehead atoms. The molecular weight excluding hydrogens is 839 g/mol. The number of carbonyl (C=O) groups excluding carboxylic acids is 11. The highest BCUT2D eigenvalue weighted by Gasteiger charge is 2.39. The van der Waals surface area contributed by atoms with Gasteiger partial charge in [-0.15, -0.1) is 0 Å². The van der Waals surface area contributed by atoms with Crippen LogP contribution in [0.15, 0.2) is 0 Å². The summed E-state index contributed by atoms with van der Waals surface area (Å²) in [6.07, 6.45) is 0.458. The third kappa shape index (κ3) is 16.4. The van der Waals surface area contributed by atoms with Gasteiger partial charge in [0.1, 0.15) is 42.0 Å². The number of likely N-dealkylation sites (tertiary alicyclic amines) is 2. The van der Waals surface area contributed by atoms with Gasteiger partial charge in [0.2, 0.25) is 59.1 Å². The van der Waals surface area contributed by atoms with Crippen molar-refractivity contribution in [2.75, 3.05) is 39.3 Å². The first-order valence-corrected chi connectivity index (χ1v) is 21.9.